The van der Waals surface area contributed by atoms with Gasteiger partial charge < -0.3 is 0 Å². The molecule has 0 spiro atoms. The number of hydrogen-bond acceptors (Lipinski definition) is 6. The molecule has 2 aromatic rings. The molecule has 7 heteroatoms. The van der Waals surface area contributed by atoms with E-state index in [0.717, 1.165) is 10.8 Å². The molecule has 0 unspecified atom stereocenters. The third-order valence-corrected chi connectivity index (χ3v) is 4.36. The fourth-order valence-corrected chi connectivity index (χ4v) is 3.38. The quantitative estimate of drug-likeness (QED) is 0.461. The normalized spacial score (nSPS) is 11.5. The Hall–Kier alpha value is -1.74. The van der Waals surface area contributed by atoms with Gasteiger partial charge in [0.15, 0.2) is 0 Å². The number of hydrogen-bond donors (Lipinski definition) is 0. The van der Waals surface area contributed by atoms with Gasteiger partial charge >= 0.3 is 7.60 Å². The summed E-state index contributed by atoms with van der Waals surface area (Å²) >= 11 is 0. The molecule has 0 aromatic heterocycles. The largest absolute Gasteiger partial charge is 0.388 e. The van der Waals surface area contributed by atoms with E-state index in [0.29, 0.717) is 11.1 Å². The van der Waals surface area contributed by atoms with E-state index in [1.807, 2.05) is 24.3 Å². The molecule has 0 fully saturated rings. The zero-order valence-electron chi connectivity index (χ0n) is 11.6. The Balaban J connectivity index is 2.48. The molecule has 2 aromatic carbocycles. The Morgan fingerprint density at radius 2 is 1.67 bits per heavy atom. The minimum absolute atomic E-state index is 0.0408. The summed E-state index contributed by atoms with van der Waals surface area (Å²) in [5.41, 5.74) is 1.26. The van der Waals surface area contributed by atoms with Gasteiger partial charge in [0.25, 0.3) is 0 Å². The minimum atomic E-state index is -3.60. The van der Waals surface area contributed by atoms with Crippen molar-refractivity contribution in [2.75, 3.05) is 14.2 Å². The summed E-state index contributed by atoms with van der Waals surface area (Å²) in [6, 6.07) is 12.9. The van der Waals surface area contributed by atoms with Crippen molar-refractivity contribution >= 4 is 18.4 Å². The van der Waals surface area contributed by atoms with Crippen molar-refractivity contribution in [1.82, 2.24) is 0 Å². The summed E-state index contributed by atoms with van der Waals surface area (Å²) in [7, 11) is -1.12. The Morgan fingerprint density at radius 1 is 1.05 bits per heavy atom. The molecule has 0 bridgehead atoms. The van der Waals surface area contributed by atoms with Gasteiger partial charge in [-0.2, -0.15) is 5.26 Å². The van der Waals surface area contributed by atoms with Crippen LogP contribution in [0.25, 0.3) is 10.8 Å². The van der Waals surface area contributed by atoms with Crippen LogP contribution in [-0.4, -0.2) is 14.2 Å². The molecule has 21 heavy (non-hydrogen) atoms. The predicted octanol–water partition coefficient (Wildman–Crippen LogP) is 3.56. The molecule has 0 N–H and O–H groups in total. The van der Waals surface area contributed by atoms with Gasteiger partial charge in [-0.1, -0.05) is 30.3 Å². The average molecular weight is 307 g/mol. The van der Waals surface area contributed by atoms with Gasteiger partial charge in [0.2, 0.25) is 0 Å². The molecule has 0 amide bonds. The molecule has 0 saturated heterocycles. The molecule has 0 saturated carbocycles. The molecule has 0 aliphatic carbocycles. The third kappa shape index (κ3) is 3.48. The highest BCUT2D eigenvalue weighted by Gasteiger charge is 2.28. The van der Waals surface area contributed by atoms with E-state index in [1.165, 1.54) is 14.2 Å². The average Bonchev–Trinajstić information content (AvgIpc) is 2.48. The van der Waals surface area contributed by atoms with E-state index in [1.54, 1.807) is 12.1 Å². The number of nitriles is 1. The molecule has 0 heterocycles. The standard InChI is InChI=1S/C14H14NO5P/c1-17-19-21(16,20-18-2)10-12-8-7-11(9-15)13-5-3-4-6-14(12)13/h3-8H,10H2,1-2H3. The van der Waals surface area contributed by atoms with Crippen molar-refractivity contribution in [2.24, 2.45) is 0 Å². The number of rotatable bonds is 6. The van der Waals surface area contributed by atoms with Crippen LogP contribution in [0.4, 0.5) is 0 Å². The van der Waals surface area contributed by atoms with Crippen LogP contribution in [0, 0.1) is 11.3 Å². The maximum absolute atomic E-state index is 12.4. The van der Waals surface area contributed by atoms with Crippen LogP contribution in [0.3, 0.4) is 0 Å². The highest BCUT2D eigenvalue weighted by atomic mass is 31.2. The van der Waals surface area contributed by atoms with E-state index >= 15 is 0 Å². The summed E-state index contributed by atoms with van der Waals surface area (Å²) < 4.78 is 21.9. The Bertz CT molecular complexity index is 715. The van der Waals surface area contributed by atoms with Gasteiger partial charge in [-0.25, -0.2) is 9.78 Å². The first kappa shape index (κ1) is 15.6. The lowest BCUT2D eigenvalue weighted by atomic mass is 10.0. The minimum Gasteiger partial charge on any atom is -0.255 e. The fourth-order valence-electron chi connectivity index (χ4n) is 2.10. The molecule has 110 valence electrons. The molecule has 2 rings (SSSR count). The lowest BCUT2D eigenvalue weighted by molar-refractivity contribution is -0.242. The second kappa shape index (κ2) is 6.81. The van der Waals surface area contributed by atoms with E-state index in [-0.39, 0.29) is 6.16 Å². The van der Waals surface area contributed by atoms with Crippen LogP contribution in [0.5, 0.6) is 0 Å². The molecule has 0 atom stereocenters. The van der Waals surface area contributed by atoms with Crippen LogP contribution < -0.4 is 0 Å². The molecule has 0 radical (unpaired) electrons. The van der Waals surface area contributed by atoms with Gasteiger partial charge in [0.05, 0.1) is 32.0 Å². The smallest absolute Gasteiger partial charge is 0.255 e. The summed E-state index contributed by atoms with van der Waals surface area (Å²) in [4.78, 5) is 8.94. The second-order valence-corrected chi connectivity index (χ2v) is 6.02. The monoisotopic (exact) mass is 307 g/mol. The molecule has 0 aliphatic heterocycles. The SMILES string of the molecule is COOP(=O)(Cc1ccc(C#N)c2ccccc12)OOC. The van der Waals surface area contributed by atoms with Crippen molar-refractivity contribution in [1.29, 1.82) is 5.26 Å². The van der Waals surface area contributed by atoms with Crippen LogP contribution in [0.2, 0.25) is 0 Å². The van der Waals surface area contributed by atoms with Gasteiger partial charge in [0.1, 0.15) is 0 Å². The molecule has 0 aliphatic rings. The Kier molecular flexibility index (Phi) is 5.07. The first-order valence-corrected chi connectivity index (χ1v) is 7.81. The molecule has 6 nitrogen and oxygen atoms in total. The van der Waals surface area contributed by atoms with E-state index in [4.69, 9.17) is 14.6 Å². The Morgan fingerprint density at radius 3 is 2.24 bits per heavy atom. The highest BCUT2D eigenvalue weighted by Crippen LogP contribution is 2.52. The highest BCUT2D eigenvalue weighted by molar-refractivity contribution is 7.52. The topological polar surface area (TPSA) is 77.8 Å². The first-order chi connectivity index (χ1) is 10.1. The molecular weight excluding hydrogens is 293 g/mol. The maximum Gasteiger partial charge on any atom is 0.388 e. The first-order valence-electron chi connectivity index (χ1n) is 6.08. The van der Waals surface area contributed by atoms with Crippen molar-refractivity contribution < 1.29 is 23.7 Å². The van der Waals surface area contributed by atoms with Crippen molar-refractivity contribution in [3.05, 3.63) is 47.5 Å². The predicted molar refractivity (Wildman–Crippen MR) is 76.2 cm³/mol. The zero-order chi connectivity index (χ0) is 15.3. The van der Waals surface area contributed by atoms with Crippen LogP contribution in [0.15, 0.2) is 36.4 Å². The molecular formula is C14H14NO5P. The van der Waals surface area contributed by atoms with E-state index in [2.05, 4.69) is 15.8 Å². The lowest BCUT2D eigenvalue weighted by Crippen LogP contribution is -1.99. The second-order valence-electron chi connectivity index (χ2n) is 4.18. The van der Waals surface area contributed by atoms with Crippen LogP contribution >= 0.6 is 7.60 Å². The van der Waals surface area contributed by atoms with E-state index < -0.39 is 7.60 Å². The van der Waals surface area contributed by atoms with Crippen molar-refractivity contribution in [3.8, 4) is 6.07 Å². The van der Waals surface area contributed by atoms with Crippen molar-refractivity contribution in [2.45, 2.75) is 6.16 Å². The zero-order valence-corrected chi connectivity index (χ0v) is 12.5. The van der Waals surface area contributed by atoms with Crippen LogP contribution in [0.1, 0.15) is 11.1 Å². The number of fused-ring (bicyclic) bond motifs is 1. The van der Waals surface area contributed by atoms with Gasteiger partial charge in [-0.3, -0.25) is 4.57 Å². The van der Waals surface area contributed by atoms with Gasteiger partial charge in [-0.05, 0) is 22.4 Å². The summed E-state index contributed by atoms with van der Waals surface area (Å²) in [6.07, 6.45) is -0.0408. The third-order valence-electron chi connectivity index (χ3n) is 2.88. The van der Waals surface area contributed by atoms with Gasteiger partial charge in [-0.15, -0.1) is 9.35 Å². The van der Waals surface area contributed by atoms with E-state index in [9.17, 15) is 4.57 Å². The lowest BCUT2D eigenvalue weighted by Gasteiger charge is -2.15. The summed E-state index contributed by atoms with van der Waals surface area (Å²) in [5, 5.41) is 10.7. The number of nitrogens with zero attached hydrogens (tertiary/aromatic N) is 1. The van der Waals surface area contributed by atoms with Gasteiger partial charge in [0, 0.05) is 0 Å². The maximum atomic E-state index is 12.4. The fraction of sp³-hybridized carbons (Fsp3) is 0.214. The summed E-state index contributed by atoms with van der Waals surface area (Å²) in [6.45, 7) is 0. The number of benzene rings is 2. The summed E-state index contributed by atoms with van der Waals surface area (Å²) in [5.74, 6) is 0. The van der Waals surface area contributed by atoms with Crippen molar-refractivity contribution in [3.63, 3.8) is 0 Å². The Labute approximate surface area is 122 Å². The van der Waals surface area contributed by atoms with Crippen LogP contribution in [-0.2, 0) is 29.9 Å².